The molecule has 0 saturated carbocycles. The topological polar surface area (TPSA) is 51.9 Å². The maximum absolute atomic E-state index is 8.94. The van der Waals surface area contributed by atoms with Crippen LogP contribution in [0.15, 0.2) is 12.1 Å². The molecule has 3 nitrogen and oxygen atoms in total. The van der Waals surface area contributed by atoms with Crippen molar-refractivity contribution < 1.29 is 0 Å². The molecule has 0 N–H and O–H groups in total. The average Bonchev–Trinajstić information content (AvgIpc) is 2.26. The number of hydrogen-bond donors (Lipinski definition) is 0. The number of nitriles is 2. The minimum absolute atomic E-state index is 0.106. The molecule has 0 aromatic heterocycles. The molecule has 0 unspecified atom stereocenters. The quantitative estimate of drug-likeness (QED) is 0.646. The van der Waals surface area contributed by atoms with Crippen LogP contribution >= 0.6 is 0 Å². The van der Waals surface area contributed by atoms with Crippen LogP contribution in [0.3, 0.4) is 0 Å². The van der Waals surface area contributed by atoms with E-state index in [0.717, 1.165) is 5.56 Å². The van der Waals surface area contributed by atoms with Crippen molar-refractivity contribution >= 4 is 5.69 Å². The Morgan fingerprint density at radius 2 is 1.67 bits per heavy atom. The van der Waals surface area contributed by atoms with Gasteiger partial charge in [-0.1, -0.05) is 13.8 Å². The SMILES string of the molecule is [C-]#[N+]c1cc(C#N)c(C(C)C)c(C#N)c1. The smallest absolute Gasteiger partial charge is 0.189 e. The van der Waals surface area contributed by atoms with Gasteiger partial charge in [-0.3, -0.25) is 0 Å². The molecule has 1 aromatic carbocycles. The Bertz CT molecular complexity index is 472. The van der Waals surface area contributed by atoms with Crippen LogP contribution in [-0.2, 0) is 0 Å². The zero-order chi connectivity index (χ0) is 11.4. The molecule has 0 amide bonds. The average molecular weight is 195 g/mol. The minimum Gasteiger partial charge on any atom is -0.238 e. The third-order valence-electron chi connectivity index (χ3n) is 2.11. The van der Waals surface area contributed by atoms with Crippen LogP contribution in [0.4, 0.5) is 5.69 Å². The van der Waals surface area contributed by atoms with Gasteiger partial charge in [-0.15, -0.1) is 0 Å². The molecule has 0 bridgehead atoms. The molecule has 0 aliphatic heterocycles. The normalized spacial score (nSPS) is 9.07. The standard InChI is InChI=1S/C12H9N3/c1-8(2)12-9(6-13)4-11(15-3)5-10(12)7-14/h4-5,8H,1-2H3. The Kier molecular flexibility index (Phi) is 3.06. The second-order valence-corrected chi connectivity index (χ2v) is 3.44. The summed E-state index contributed by atoms with van der Waals surface area (Å²) in [4.78, 5) is 3.24. The number of benzene rings is 1. The van der Waals surface area contributed by atoms with Crippen molar-refractivity contribution in [2.24, 2.45) is 0 Å². The van der Waals surface area contributed by atoms with Gasteiger partial charge in [0.15, 0.2) is 5.69 Å². The molecule has 0 aliphatic rings. The van der Waals surface area contributed by atoms with Crippen LogP contribution in [-0.4, -0.2) is 0 Å². The van der Waals surface area contributed by atoms with Crippen LogP contribution in [0.1, 0.15) is 36.5 Å². The summed E-state index contributed by atoms with van der Waals surface area (Å²) in [5.74, 6) is 0.106. The Balaban J connectivity index is 3.59. The van der Waals surface area contributed by atoms with Crippen molar-refractivity contribution in [2.75, 3.05) is 0 Å². The minimum atomic E-state index is 0.106. The maximum Gasteiger partial charge on any atom is 0.189 e. The first-order chi connectivity index (χ1) is 7.13. The lowest BCUT2D eigenvalue weighted by atomic mass is 9.92. The molecule has 3 heteroatoms. The van der Waals surface area contributed by atoms with Gasteiger partial charge in [0, 0.05) is 11.1 Å². The lowest BCUT2D eigenvalue weighted by Crippen LogP contribution is -1.97. The zero-order valence-corrected chi connectivity index (χ0v) is 8.57. The summed E-state index contributed by atoms with van der Waals surface area (Å²) < 4.78 is 0. The number of nitrogens with zero attached hydrogens (tertiary/aromatic N) is 3. The van der Waals surface area contributed by atoms with Gasteiger partial charge in [-0.25, -0.2) is 4.85 Å². The predicted octanol–water partition coefficient (Wildman–Crippen LogP) is 3.10. The Morgan fingerprint density at radius 1 is 1.20 bits per heavy atom. The van der Waals surface area contributed by atoms with Gasteiger partial charge < -0.3 is 0 Å². The monoisotopic (exact) mass is 195 g/mol. The van der Waals surface area contributed by atoms with E-state index in [2.05, 4.69) is 4.85 Å². The molecule has 0 aliphatic carbocycles. The fourth-order valence-electron chi connectivity index (χ4n) is 1.51. The van der Waals surface area contributed by atoms with Crippen molar-refractivity contribution in [3.05, 3.63) is 40.2 Å². The third kappa shape index (κ3) is 1.96. The largest absolute Gasteiger partial charge is 0.238 e. The van der Waals surface area contributed by atoms with E-state index in [4.69, 9.17) is 17.1 Å². The summed E-state index contributed by atoms with van der Waals surface area (Å²) in [6.45, 7) is 10.7. The summed E-state index contributed by atoms with van der Waals surface area (Å²) in [6, 6.07) is 7.13. The summed E-state index contributed by atoms with van der Waals surface area (Å²) in [6.07, 6.45) is 0. The van der Waals surface area contributed by atoms with E-state index in [1.165, 1.54) is 12.1 Å². The van der Waals surface area contributed by atoms with Crippen LogP contribution in [0.2, 0.25) is 0 Å². The summed E-state index contributed by atoms with van der Waals surface area (Å²) >= 11 is 0. The molecule has 0 saturated heterocycles. The van der Waals surface area contributed by atoms with Gasteiger partial charge in [0.25, 0.3) is 0 Å². The lowest BCUT2D eigenvalue weighted by molar-refractivity contribution is 0.859. The second-order valence-electron chi connectivity index (χ2n) is 3.44. The van der Waals surface area contributed by atoms with Crippen molar-refractivity contribution in [2.45, 2.75) is 19.8 Å². The predicted molar refractivity (Wildman–Crippen MR) is 56.2 cm³/mol. The van der Waals surface area contributed by atoms with Crippen LogP contribution < -0.4 is 0 Å². The Labute approximate surface area is 89.0 Å². The molecule has 0 spiro atoms. The number of rotatable bonds is 1. The first-order valence-corrected chi connectivity index (χ1v) is 4.49. The van der Waals surface area contributed by atoms with Crippen LogP contribution in [0.5, 0.6) is 0 Å². The molecule has 0 radical (unpaired) electrons. The highest BCUT2D eigenvalue weighted by Crippen LogP contribution is 2.28. The van der Waals surface area contributed by atoms with Gasteiger partial charge in [0.2, 0.25) is 0 Å². The van der Waals surface area contributed by atoms with Gasteiger partial charge in [-0.05, 0) is 23.6 Å². The van der Waals surface area contributed by atoms with Crippen LogP contribution in [0, 0.1) is 29.2 Å². The molecular weight excluding hydrogens is 186 g/mol. The van der Waals surface area contributed by atoms with E-state index in [1.807, 2.05) is 26.0 Å². The lowest BCUT2D eigenvalue weighted by Gasteiger charge is -2.10. The van der Waals surface area contributed by atoms with Crippen LogP contribution in [0.25, 0.3) is 4.85 Å². The Hall–Kier alpha value is -2.31. The molecule has 1 aromatic rings. The molecule has 0 heterocycles. The molecule has 1 rings (SSSR count). The van der Waals surface area contributed by atoms with E-state index in [9.17, 15) is 0 Å². The van der Waals surface area contributed by atoms with E-state index >= 15 is 0 Å². The van der Waals surface area contributed by atoms with E-state index in [-0.39, 0.29) is 5.92 Å². The Morgan fingerprint density at radius 3 is 1.93 bits per heavy atom. The molecule has 72 valence electrons. The van der Waals surface area contributed by atoms with Crippen molar-refractivity contribution in [1.82, 2.24) is 0 Å². The molecule has 15 heavy (non-hydrogen) atoms. The molecule has 0 fully saturated rings. The summed E-state index contributed by atoms with van der Waals surface area (Å²) in [7, 11) is 0. The number of hydrogen-bond acceptors (Lipinski definition) is 2. The third-order valence-corrected chi connectivity index (χ3v) is 2.11. The highest BCUT2D eigenvalue weighted by atomic mass is 14.6. The molecule has 0 atom stereocenters. The summed E-state index contributed by atoms with van der Waals surface area (Å²) in [5, 5.41) is 17.9. The molecular formula is C12H9N3. The maximum atomic E-state index is 8.94. The van der Waals surface area contributed by atoms with Gasteiger partial charge in [0.1, 0.15) is 0 Å². The first-order valence-electron chi connectivity index (χ1n) is 4.49. The first kappa shape index (κ1) is 10.8. The fourth-order valence-corrected chi connectivity index (χ4v) is 1.51. The van der Waals surface area contributed by atoms with Crippen molar-refractivity contribution in [3.63, 3.8) is 0 Å². The zero-order valence-electron chi connectivity index (χ0n) is 8.57. The van der Waals surface area contributed by atoms with E-state index in [0.29, 0.717) is 16.8 Å². The van der Waals surface area contributed by atoms with Gasteiger partial charge in [-0.2, -0.15) is 10.5 Å². The highest BCUT2D eigenvalue weighted by molar-refractivity contribution is 5.61. The van der Waals surface area contributed by atoms with E-state index in [1.54, 1.807) is 0 Å². The van der Waals surface area contributed by atoms with Gasteiger partial charge >= 0.3 is 0 Å². The fraction of sp³-hybridized carbons (Fsp3) is 0.250. The van der Waals surface area contributed by atoms with Gasteiger partial charge in [0.05, 0.1) is 18.7 Å². The van der Waals surface area contributed by atoms with E-state index < -0.39 is 0 Å². The van der Waals surface area contributed by atoms with Crippen molar-refractivity contribution in [1.29, 1.82) is 10.5 Å². The highest BCUT2D eigenvalue weighted by Gasteiger charge is 2.13. The summed E-state index contributed by atoms with van der Waals surface area (Å²) in [5.41, 5.74) is 1.92. The van der Waals surface area contributed by atoms with Crippen molar-refractivity contribution in [3.8, 4) is 12.1 Å². The second kappa shape index (κ2) is 4.27.